The van der Waals surface area contributed by atoms with Crippen LogP contribution in [0.15, 0.2) is 29.4 Å². The maximum Gasteiger partial charge on any atom is 0.143 e. The summed E-state index contributed by atoms with van der Waals surface area (Å²) in [6.45, 7) is 6.52. The summed E-state index contributed by atoms with van der Waals surface area (Å²) in [6.07, 6.45) is 0.487. The highest BCUT2D eigenvalue weighted by atomic mass is 16.4. The second-order valence-corrected chi connectivity index (χ2v) is 4.72. The Morgan fingerprint density at radius 3 is 2.20 bits per heavy atom. The number of oxime groups is 1. The predicted molar refractivity (Wildman–Crippen MR) is 62.3 cm³/mol. The zero-order valence-electron chi connectivity index (χ0n) is 9.49. The van der Waals surface area contributed by atoms with E-state index in [4.69, 9.17) is 10.9 Å². The molecule has 3 nitrogen and oxygen atoms in total. The Labute approximate surface area is 90.6 Å². The molecule has 1 aromatic carbocycles. The van der Waals surface area contributed by atoms with Crippen LogP contribution in [-0.2, 0) is 11.8 Å². The van der Waals surface area contributed by atoms with Crippen LogP contribution < -0.4 is 5.73 Å². The molecule has 0 atom stereocenters. The summed E-state index contributed by atoms with van der Waals surface area (Å²) in [5, 5.41) is 11.4. The fourth-order valence-corrected chi connectivity index (χ4v) is 1.37. The molecule has 0 aromatic heterocycles. The molecular weight excluding hydrogens is 188 g/mol. The zero-order chi connectivity index (χ0) is 11.5. The van der Waals surface area contributed by atoms with E-state index in [0.717, 1.165) is 5.56 Å². The molecule has 15 heavy (non-hydrogen) atoms. The molecule has 0 heterocycles. The third kappa shape index (κ3) is 3.27. The first-order valence-electron chi connectivity index (χ1n) is 4.99. The molecule has 3 heteroatoms. The predicted octanol–water partition coefficient (Wildman–Crippen LogP) is 2.27. The minimum atomic E-state index is 0.162. The van der Waals surface area contributed by atoms with E-state index in [1.54, 1.807) is 0 Å². The highest BCUT2D eigenvalue weighted by molar-refractivity contribution is 5.81. The maximum absolute atomic E-state index is 8.44. The van der Waals surface area contributed by atoms with Gasteiger partial charge in [0, 0.05) is 6.42 Å². The average Bonchev–Trinajstić information content (AvgIpc) is 2.17. The van der Waals surface area contributed by atoms with Crippen molar-refractivity contribution in [3.63, 3.8) is 0 Å². The van der Waals surface area contributed by atoms with Gasteiger partial charge in [0.15, 0.2) is 0 Å². The Morgan fingerprint density at radius 2 is 1.80 bits per heavy atom. The number of benzene rings is 1. The Morgan fingerprint density at radius 1 is 1.27 bits per heavy atom. The van der Waals surface area contributed by atoms with Gasteiger partial charge >= 0.3 is 0 Å². The molecule has 0 fully saturated rings. The molecule has 0 aliphatic rings. The third-order valence-corrected chi connectivity index (χ3v) is 2.33. The number of rotatable bonds is 2. The van der Waals surface area contributed by atoms with E-state index in [9.17, 15) is 0 Å². The first kappa shape index (κ1) is 11.6. The summed E-state index contributed by atoms with van der Waals surface area (Å²) >= 11 is 0. The molecule has 0 unspecified atom stereocenters. The monoisotopic (exact) mass is 206 g/mol. The number of hydrogen-bond acceptors (Lipinski definition) is 2. The van der Waals surface area contributed by atoms with Crippen molar-refractivity contribution in [3.05, 3.63) is 35.4 Å². The topological polar surface area (TPSA) is 58.6 Å². The minimum absolute atomic E-state index is 0.162. The standard InChI is InChI=1S/C12H18N2O/c1-12(2,3)10-6-4-9(5-7-10)8-11(13)14-15/h4-7,15H,8H2,1-3H3,(H2,13,14). The van der Waals surface area contributed by atoms with Gasteiger partial charge in [0.2, 0.25) is 0 Å². The summed E-state index contributed by atoms with van der Waals surface area (Å²) in [5.41, 5.74) is 7.93. The molecule has 0 spiro atoms. The van der Waals surface area contributed by atoms with Gasteiger partial charge in [0.25, 0.3) is 0 Å². The normalized spacial score (nSPS) is 12.9. The van der Waals surface area contributed by atoms with Crippen LogP contribution in [0.4, 0.5) is 0 Å². The molecule has 0 saturated carbocycles. The largest absolute Gasteiger partial charge is 0.409 e. The minimum Gasteiger partial charge on any atom is -0.409 e. The van der Waals surface area contributed by atoms with Crippen molar-refractivity contribution in [2.75, 3.05) is 0 Å². The molecule has 0 amide bonds. The van der Waals surface area contributed by atoms with Gasteiger partial charge < -0.3 is 10.9 Å². The summed E-state index contributed by atoms with van der Waals surface area (Å²) in [5.74, 6) is 0.235. The van der Waals surface area contributed by atoms with E-state index >= 15 is 0 Å². The van der Waals surface area contributed by atoms with Crippen molar-refractivity contribution >= 4 is 5.84 Å². The van der Waals surface area contributed by atoms with Crippen LogP contribution in [0.5, 0.6) is 0 Å². The van der Waals surface area contributed by atoms with Gasteiger partial charge in [-0.25, -0.2) is 0 Å². The third-order valence-electron chi connectivity index (χ3n) is 2.33. The summed E-state index contributed by atoms with van der Waals surface area (Å²) in [6, 6.07) is 8.19. The van der Waals surface area contributed by atoms with Crippen molar-refractivity contribution in [1.82, 2.24) is 0 Å². The Hall–Kier alpha value is -1.51. The number of hydrogen-bond donors (Lipinski definition) is 2. The Balaban J connectivity index is 2.82. The van der Waals surface area contributed by atoms with Crippen molar-refractivity contribution in [1.29, 1.82) is 0 Å². The maximum atomic E-state index is 8.44. The molecule has 1 rings (SSSR count). The quantitative estimate of drug-likeness (QED) is 0.337. The molecular formula is C12H18N2O. The lowest BCUT2D eigenvalue weighted by atomic mass is 9.86. The fraction of sp³-hybridized carbons (Fsp3) is 0.417. The van der Waals surface area contributed by atoms with E-state index < -0.39 is 0 Å². The van der Waals surface area contributed by atoms with Gasteiger partial charge in [-0.05, 0) is 16.5 Å². The summed E-state index contributed by atoms with van der Waals surface area (Å²) < 4.78 is 0. The fourth-order valence-electron chi connectivity index (χ4n) is 1.37. The lowest BCUT2D eigenvalue weighted by molar-refractivity contribution is 0.317. The van der Waals surface area contributed by atoms with Gasteiger partial charge in [-0.1, -0.05) is 50.2 Å². The summed E-state index contributed by atoms with van der Waals surface area (Å²) in [4.78, 5) is 0. The van der Waals surface area contributed by atoms with Gasteiger partial charge in [0.05, 0.1) is 0 Å². The van der Waals surface area contributed by atoms with Crippen molar-refractivity contribution in [3.8, 4) is 0 Å². The van der Waals surface area contributed by atoms with Gasteiger partial charge in [-0.15, -0.1) is 0 Å². The van der Waals surface area contributed by atoms with E-state index in [-0.39, 0.29) is 11.3 Å². The van der Waals surface area contributed by atoms with Gasteiger partial charge in [-0.3, -0.25) is 0 Å². The van der Waals surface area contributed by atoms with Crippen LogP contribution in [0, 0.1) is 0 Å². The average molecular weight is 206 g/mol. The van der Waals surface area contributed by atoms with E-state index in [0.29, 0.717) is 6.42 Å². The molecule has 82 valence electrons. The molecule has 0 aliphatic carbocycles. The molecule has 3 N–H and O–H groups in total. The van der Waals surface area contributed by atoms with Crippen LogP contribution in [0.1, 0.15) is 31.9 Å². The van der Waals surface area contributed by atoms with E-state index in [1.165, 1.54) is 5.56 Å². The molecule has 0 saturated heterocycles. The van der Waals surface area contributed by atoms with Crippen LogP contribution in [0.2, 0.25) is 0 Å². The zero-order valence-corrected chi connectivity index (χ0v) is 9.49. The molecule has 0 radical (unpaired) electrons. The lowest BCUT2D eigenvalue weighted by Gasteiger charge is -2.19. The number of amidine groups is 1. The van der Waals surface area contributed by atoms with Crippen LogP contribution in [0.3, 0.4) is 0 Å². The molecule has 0 aliphatic heterocycles. The summed E-state index contributed by atoms with van der Waals surface area (Å²) in [7, 11) is 0. The van der Waals surface area contributed by atoms with E-state index in [2.05, 4.69) is 38.1 Å². The smallest absolute Gasteiger partial charge is 0.143 e. The SMILES string of the molecule is CC(C)(C)c1ccc(C/C(N)=N\O)cc1. The molecule has 1 aromatic rings. The number of nitrogens with two attached hydrogens (primary N) is 1. The van der Waals surface area contributed by atoms with Crippen LogP contribution in [0.25, 0.3) is 0 Å². The van der Waals surface area contributed by atoms with E-state index in [1.807, 2.05) is 12.1 Å². The lowest BCUT2D eigenvalue weighted by Crippen LogP contribution is -2.15. The number of nitrogens with zero attached hydrogens (tertiary/aromatic N) is 1. The van der Waals surface area contributed by atoms with Gasteiger partial charge in [0.1, 0.15) is 5.84 Å². The first-order valence-corrected chi connectivity index (χ1v) is 4.99. The van der Waals surface area contributed by atoms with Crippen molar-refractivity contribution in [2.45, 2.75) is 32.6 Å². The van der Waals surface area contributed by atoms with Crippen molar-refractivity contribution < 1.29 is 5.21 Å². The Kier molecular flexibility index (Phi) is 3.35. The first-order chi connectivity index (χ1) is 6.93. The second-order valence-electron chi connectivity index (χ2n) is 4.72. The Bertz CT molecular complexity index is 347. The van der Waals surface area contributed by atoms with Crippen molar-refractivity contribution in [2.24, 2.45) is 10.9 Å². The highest BCUT2D eigenvalue weighted by Crippen LogP contribution is 2.22. The van der Waals surface area contributed by atoms with Crippen LogP contribution >= 0.6 is 0 Å². The highest BCUT2D eigenvalue weighted by Gasteiger charge is 2.12. The molecule has 0 bridgehead atoms. The van der Waals surface area contributed by atoms with Crippen LogP contribution in [-0.4, -0.2) is 11.0 Å². The second kappa shape index (κ2) is 4.34. The van der Waals surface area contributed by atoms with Gasteiger partial charge in [-0.2, -0.15) is 0 Å².